The molecule has 1 aliphatic rings. The van der Waals surface area contributed by atoms with Gasteiger partial charge in [-0.3, -0.25) is 9.69 Å². The summed E-state index contributed by atoms with van der Waals surface area (Å²) in [5, 5.41) is 11.9. The molecule has 22 heavy (non-hydrogen) atoms. The number of nitrogen functional groups attached to an aromatic ring is 1. The molecule has 0 atom stereocenters. The van der Waals surface area contributed by atoms with Gasteiger partial charge in [0.25, 0.3) is 5.91 Å². The van der Waals surface area contributed by atoms with Gasteiger partial charge in [-0.15, -0.1) is 0 Å². The van der Waals surface area contributed by atoms with Crippen molar-refractivity contribution in [1.29, 1.82) is 0 Å². The van der Waals surface area contributed by atoms with Crippen molar-refractivity contribution in [2.24, 2.45) is 0 Å². The van der Waals surface area contributed by atoms with Gasteiger partial charge in [0.15, 0.2) is 0 Å². The van der Waals surface area contributed by atoms with E-state index in [-0.39, 0.29) is 5.91 Å². The highest BCUT2D eigenvalue weighted by atomic mass is 16.4. The highest BCUT2D eigenvalue weighted by Crippen LogP contribution is 2.30. The molecule has 0 saturated heterocycles. The maximum Gasteiger partial charge on any atom is 0.411 e. The van der Waals surface area contributed by atoms with E-state index in [1.54, 1.807) is 42.5 Å². The van der Waals surface area contributed by atoms with Gasteiger partial charge in [0.1, 0.15) is 0 Å². The molecule has 4 N–H and O–H groups in total. The van der Waals surface area contributed by atoms with Gasteiger partial charge in [-0.25, -0.2) is 4.79 Å². The van der Waals surface area contributed by atoms with Gasteiger partial charge < -0.3 is 16.2 Å². The van der Waals surface area contributed by atoms with Crippen molar-refractivity contribution in [1.82, 2.24) is 0 Å². The monoisotopic (exact) mass is 297 g/mol. The maximum absolute atomic E-state index is 12.2. The van der Waals surface area contributed by atoms with Gasteiger partial charge >= 0.3 is 6.09 Å². The van der Waals surface area contributed by atoms with Gasteiger partial charge in [-0.05, 0) is 42.3 Å². The SMILES string of the molecule is Nc1ccccc1C(=O)Nc1ccc2c(c1)CCN2C(=O)O. The summed E-state index contributed by atoms with van der Waals surface area (Å²) < 4.78 is 0. The van der Waals surface area contributed by atoms with E-state index in [1.165, 1.54) is 4.90 Å². The van der Waals surface area contributed by atoms with Crippen LogP contribution < -0.4 is 16.0 Å². The van der Waals surface area contributed by atoms with E-state index < -0.39 is 6.09 Å². The Bertz CT molecular complexity index is 758. The van der Waals surface area contributed by atoms with Gasteiger partial charge in [-0.1, -0.05) is 12.1 Å². The van der Waals surface area contributed by atoms with Crippen molar-refractivity contribution < 1.29 is 14.7 Å². The van der Waals surface area contributed by atoms with Gasteiger partial charge in [0.2, 0.25) is 0 Å². The predicted octanol–water partition coefficient (Wildman–Crippen LogP) is 2.56. The van der Waals surface area contributed by atoms with E-state index in [1.807, 2.05) is 0 Å². The first-order chi connectivity index (χ1) is 10.6. The minimum absolute atomic E-state index is 0.286. The molecule has 0 unspecified atom stereocenters. The highest BCUT2D eigenvalue weighted by molar-refractivity contribution is 6.07. The second-order valence-corrected chi connectivity index (χ2v) is 5.07. The minimum Gasteiger partial charge on any atom is -0.465 e. The van der Waals surface area contributed by atoms with E-state index in [0.29, 0.717) is 35.6 Å². The lowest BCUT2D eigenvalue weighted by molar-refractivity contribution is 0.102. The molecule has 2 aromatic rings. The van der Waals surface area contributed by atoms with Gasteiger partial charge in [0, 0.05) is 17.9 Å². The topological polar surface area (TPSA) is 95.7 Å². The normalized spacial score (nSPS) is 12.8. The molecule has 1 aliphatic heterocycles. The molecule has 0 spiro atoms. The minimum atomic E-state index is -0.965. The quantitative estimate of drug-likeness (QED) is 0.742. The number of hydrogen-bond acceptors (Lipinski definition) is 3. The highest BCUT2D eigenvalue weighted by Gasteiger charge is 2.24. The third-order valence-corrected chi connectivity index (χ3v) is 3.67. The fourth-order valence-corrected chi connectivity index (χ4v) is 2.58. The number of anilines is 3. The molecule has 0 bridgehead atoms. The third-order valence-electron chi connectivity index (χ3n) is 3.67. The second-order valence-electron chi connectivity index (χ2n) is 5.07. The lowest BCUT2D eigenvalue weighted by atomic mass is 10.1. The second kappa shape index (κ2) is 5.40. The van der Waals surface area contributed by atoms with Crippen LogP contribution in [-0.4, -0.2) is 23.7 Å². The standard InChI is InChI=1S/C16H15N3O3/c17-13-4-2-1-3-12(13)15(20)18-11-5-6-14-10(9-11)7-8-19(14)16(21)22/h1-6,9H,7-8,17H2,(H,18,20)(H,21,22). The van der Waals surface area contributed by atoms with Crippen LogP contribution in [0.15, 0.2) is 42.5 Å². The van der Waals surface area contributed by atoms with Crippen LogP contribution >= 0.6 is 0 Å². The van der Waals surface area contributed by atoms with Crippen LogP contribution in [-0.2, 0) is 6.42 Å². The summed E-state index contributed by atoms with van der Waals surface area (Å²) in [6.07, 6.45) is -0.327. The Morgan fingerprint density at radius 3 is 2.68 bits per heavy atom. The number of carbonyl (C=O) groups is 2. The summed E-state index contributed by atoms with van der Waals surface area (Å²) in [7, 11) is 0. The number of nitrogens with zero attached hydrogens (tertiary/aromatic N) is 1. The largest absolute Gasteiger partial charge is 0.465 e. The summed E-state index contributed by atoms with van der Waals surface area (Å²) in [5.74, 6) is -0.286. The maximum atomic E-state index is 12.2. The first kappa shape index (κ1) is 13.9. The molecule has 0 radical (unpaired) electrons. The molecule has 3 rings (SSSR count). The fourth-order valence-electron chi connectivity index (χ4n) is 2.58. The van der Waals surface area contributed by atoms with Crippen molar-refractivity contribution in [2.45, 2.75) is 6.42 Å². The van der Waals surface area contributed by atoms with Gasteiger partial charge in [0.05, 0.1) is 11.3 Å². The Balaban J connectivity index is 1.82. The molecule has 0 aliphatic carbocycles. The lowest BCUT2D eigenvalue weighted by Crippen LogP contribution is -2.26. The summed E-state index contributed by atoms with van der Waals surface area (Å²) in [4.78, 5) is 24.6. The van der Waals surface area contributed by atoms with Crippen molar-refractivity contribution in [3.8, 4) is 0 Å². The van der Waals surface area contributed by atoms with Crippen LogP contribution in [0.25, 0.3) is 0 Å². The van der Waals surface area contributed by atoms with E-state index >= 15 is 0 Å². The molecule has 112 valence electrons. The van der Waals surface area contributed by atoms with Crippen molar-refractivity contribution in [3.05, 3.63) is 53.6 Å². The number of carboxylic acid groups (broad SMARTS) is 1. The lowest BCUT2D eigenvalue weighted by Gasteiger charge is -2.13. The summed E-state index contributed by atoms with van der Waals surface area (Å²) >= 11 is 0. The molecule has 1 heterocycles. The van der Waals surface area contributed by atoms with Gasteiger partial charge in [-0.2, -0.15) is 0 Å². The number of amides is 2. The zero-order chi connectivity index (χ0) is 15.7. The summed E-state index contributed by atoms with van der Waals surface area (Å²) in [6.45, 7) is 0.438. The number of benzene rings is 2. The van der Waals surface area contributed by atoms with Crippen LogP contribution in [0.4, 0.5) is 21.9 Å². The van der Waals surface area contributed by atoms with Crippen LogP contribution in [0, 0.1) is 0 Å². The molecule has 0 saturated carbocycles. The molecule has 0 fully saturated rings. The number of nitrogens with one attached hydrogen (secondary N) is 1. The smallest absolute Gasteiger partial charge is 0.411 e. The number of nitrogens with two attached hydrogens (primary N) is 1. The van der Waals surface area contributed by atoms with Crippen molar-refractivity contribution in [3.63, 3.8) is 0 Å². The van der Waals surface area contributed by atoms with E-state index in [2.05, 4.69) is 5.32 Å². The average Bonchev–Trinajstić information content (AvgIpc) is 2.91. The third kappa shape index (κ3) is 2.46. The number of para-hydroxylation sites is 1. The molecular weight excluding hydrogens is 282 g/mol. The summed E-state index contributed by atoms with van der Waals surface area (Å²) in [5.41, 5.74) is 8.81. The molecule has 6 nitrogen and oxygen atoms in total. The Kier molecular flexibility index (Phi) is 3.42. The molecular formula is C16H15N3O3. The zero-order valence-corrected chi connectivity index (χ0v) is 11.7. The van der Waals surface area contributed by atoms with E-state index in [4.69, 9.17) is 10.8 Å². The van der Waals surface area contributed by atoms with Crippen LogP contribution in [0.1, 0.15) is 15.9 Å². The van der Waals surface area contributed by atoms with E-state index in [0.717, 1.165) is 5.56 Å². The first-order valence-electron chi connectivity index (χ1n) is 6.85. The average molecular weight is 297 g/mol. The zero-order valence-electron chi connectivity index (χ0n) is 11.7. The van der Waals surface area contributed by atoms with Crippen LogP contribution in [0.5, 0.6) is 0 Å². The van der Waals surface area contributed by atoms with Crippen LogP contribution in [0.3, 0.4) is 0 Å². The Morgan fingerprint density at radius 1 is 1.18 bits per heavy atom. The predicted molar refractivity (Wildman–Crippen MR) is 84.3 cm³/mol. The van der Waals surface area contributed by atoms with Crippen LogP contribution in [0.2, 0.25) is 0 Å². The molecule has 6 heteroatoms. The van der Waals surface area contributed by atoms with Crippen molar-refractivity contribution >= 4 is 29.1 Å². The van der Waals surface area contributed by atoms with E-state index in [9.17, 15) is 9.59 Å². The fraction of sp³-hybridized carbons (Fsp3) is 0.125. The Labute approximate surface area is 127 Å². The first-order valence-corrected chi connectivity index (χ1v) is 6.85. The molecule has 2 aromatic carbocycles. The number of fused-ring (bicyclic) bond motifs is 1. The number of rotatable bonds is 2. The molecule has 2 amide bonds. The Morgan fingerprint density at radius 2 is 1.95 bits per heavy atom. The summed E-state index contributed by atoms with van der Waals surface area (Å²) in [6, 6.07) is 12.0. The van der Waals surface area contributed by atoms with Crippen molar-refractivity contribution in [2.75, 3.05) is 22.5 Å². The number of hydrogen-bond donors (Lipinski definition) is 3. The Hall–Kier alpha value is -3.02. The molecule has 0 aromatic heterocycles. The number of carbonyl (C=O) groups excluding carboxylic acids is 1.